The zero-order valence-corrected chi connectivity index (χ0v) is 16.7. The molecule has 1 aromatic carbocycles. The molecule has 7 heteroatoms. The molecule has 1 aromatic heterocycles. The topological polar surface area (TPSA) is 75.6 Å². The zero-order chi connectivity index (χ0) is 18.8. The van der Waals surface area contributed by atoms with Crippen molar-refractivity contribution in [3.63, 3.8) is 0 Å². The van der Waals surface area contributed by atoms with Crippen molar-refractivity contribution in [3.8, 4) is 5.75 Å². The fourth-order valence-electron chi connectivity index (χ4n) is 3.58. The summed E-state index contributed by atoms with van der Waals surface area (Å²) >= 11 is 1.58. The Bertz CT molecular complexity index is 852. The van der Waals surface area contributed by atoms with Gasteiger partial charge in [0.05, 0.1) is 13.2 Å². The Morgan fingerprint density at radius 2 is 1.92 bits per heavy atom. The van der Waals surface area contributed by atoms with Crippen molar-refractivity contribution in [1.29, 1.82) is 0 Å². The minimum Gasteiger partial charge on any atom is -0.495 e. The zero-order valence-electron chi connectivity index (χ0n) is 15.1. The van der Waals surface area contributed by atoms with Gasteiger partial charge in [0.15, 0.2) is 0 Å². The van der Waals surface area contributed by atoms with Crippen molar-refractivity contribution in [2.24, 2.45) is 0 Å². The molecule has 1 fully saturated rings. The van der Waals surface area contributed by atoms with E-state index in [-0.39, 0.29) is 10.3 Å². The molecule has 5 nitrogen and oxygen atoms in total. The summed E-state index contributed by atoms with van der Waals surface area (Å²) in [6.45, 7) is 2.11. The molecule has 1 saturated carbocycles. The maximum atomic E-state index is 12.8. The highest BCUT2D eigenvalue weighted by atomic mass is 32.2. The predicted octanol–water partition coefficient (Wildman–Crippen LogP) is 3.60. The summed E-state index contributed by atoms with van der Waals surface area (Å²) in [6, 6.07) is 10.6. The number of rotatable bonds is 7. The van der Waals surface area contributed by atoms with Gasteiger partial charge in [0.1, 0.15) is 10.6 Å². The summed E-state index contributed by atoms with van der Waals surface area (Å²) in [6.07, 6.45) is 3.55. The fourth-order valence-corrected chi connectivity index (χ4v) is 6.06. The minimum absolute atomic E-state index is 0.159. The molecule has 0 radical (unpaired) electrons. The minimum atomic E-state index is -3.67. The quantitative estimate of drug-likeness (QED) is 0.751. The van der Waals surface area contributed by atoms with Crippen molar-refractivity contribution in [3.05, 3.63) is 46.2 Å². The van der Waals surface area contributed by atoms with E-state index < -0.39 is 16.1 Å². The number of aliphatic hydroxyl groups excluding tert-OH is 1. The highest BCUT2D eigenvalue weighted by Gasteiger charge is 2.38. The van der Waals surface area contributed by atoms with Gasteiger partial charge < -0.3 is 9.84 Å². The summed E-state index contributed by atoms with van der Waals surface area (Å²) in [7, 11) is -2.20. The van der Waals surface area contributed by atoms with Gasteiger partial charge >= 0.3 is 0 Å². The summed E-state index contributed by atoms with van der Waals surface area (Å²) in [5.74, 6) is 0.341. The molecule has 0 saturated heterocycles. The van der Waals surface area contributed by atoms with Crippen LogP contribution in [0.25, 0.3) is 0 Å². The van der Waals surface area contributed by atoms with Crippen LogP contribution in [0, 0.1) is 0 Å². The molecule has 0 spiro atoms. The Labute approximate surface area is 159 Å². The molecule has 0 aliphatic heterocycles. The molecule has 1 aliphatic rings. The van der Waals surface area contributed by atoms with Crippen molar-refractivity contribution < 1.29 is 18.3 Å². The molecular formula is C19H25NO4S2. The first-order valence-electron chi connectivity index (χ1n) is 8.79. The first-order valence-corrected chi connectivity index (χ1v) is 11.1. The lowest BCUT2D eigenvalue weighted by Gasteiger charge is -2.28. The molecule has 1 heterocycles. The van der Waals surface area contributed by atoms with Crippen LogP contribution in [0.5, 0.6) is 5.75 Å². The maximum Gasteiger partial charge on any atom is 0.244 e. The van der Waals surface area contributed by atoms with Gasteiger partial charge in [0.2, 0.25) is 10.0 Å². The number of sulfonamides is 1. The molecule has 2 aromatic rings. The first-order chi connectivity index (χ1) is 12.4. The summed E-state index contributed by atoms with van der Waals surface area (Å²) in [5.41, 5.74) is -0.201. The number of benzene rings is 1. The van der Waals surface area contributed by atoms with Crippen LogP contribution in [-0.2, 0) is 15.4 Å². The molecule has 1 aliphatic carbocycles. The maximum absolute atomic E-state index is 12.8. The van der Waals surface area contributed by atoms with Gasteiger partial charge in [-0.15, -0.1) is 11.3 Å². The van der Waals surface area contributed by atoms with Crippen molar-refractivity contribution in [2.45, 2.75) is 49.0 Å². The highest BCUT2D eigenvalue weighted by Crippen LogP contribution is 2.44. The van der Waals surface area contributed by atoms with Gasteiger partial charge in [-0.3, -0.25) is 0 Å². The smallest absolute Gasteiger partial charge is 0.244 e. The average molecular weight is 396 g/mol. The number of methoxy groups -OCH3 is 1. The van der Waals surface area contributed by atoms with Crippen LogP contribution in [0.15, 0.2) is 41.3 Å². The molecule has 26 heavy (non-hydrogen) atoms. The van der Waals surface area contributed by atoms with Gasteiger partial charge in [-0.2, -0.15) is 0 Å². The molecular weight excluding hydrogens is 370 g/mol. The Kier molecular flexibility index (Phi) is 5.72. The van der Waals surface area contributed by atoms with Crippen LogP contribution in [0.3, 0.4) is 0 Å². The largest absolute Gasteiger partial charge is 0.495 e. The lowest BCUT2D eigenvalue weighted by molar-refractivity contribution is 0.203. The van der Waals surface area contributed by atoms with E-state index in [1.807, 2.05) is 12.1 Å². The number of para-hydroxylation sites is 1. The van der Waals surface area contributed by atoms with E-state index in [1.54, 1.807) is 42.5 Å². The van der Waals surface area contributed by atoms with E-state index in [4.69, 9.17) is 4.74 Å². The average Bonchev–Trinajstić information content (AvgIpc) is 3.30. The number of thiophene rings is 1. The molecule has 0 bridgehead atoms. The van der Waals surface area contributed by atoms with Crippen molar-refractivity contribution >= 4 is 21.4 Å². The Hall–Kier alpha value is -1.41. The molecule has 142 valence electrons. The van der Waals surface area contributed by atoms with Crippen molar-refractivity contribution in [1.82, 2.24) is 4.72 Å². The third-order valence-electron chi connectivity index (χ3n) is 5.08. The molecule has 1 atom stereocenters. The third kappa shape index (κ3) is 3.81. The SMILES string of the molecule is COc1ccccc1S(=O)(=O)NCC1(c2ccc([C@H](C)O)s2)CCCC1. The van der Waals surface area contributed by atoms with Crippen LogP contribution in [0.2, 0.25) is 0 Å². The molecule has 0 amide bonds. The molecule has 0 unspecified atom stereocenters. The van der Waals surface area contributed by atoms with Crippen LogP contribution < -0.4 is 9.46 Å². The second-order valence-electron chi connectivity index (χ2n) is 6.84. The first kappa shape index (κ1) is 19.4. The van der Waals surface area contributed by atoms with Crippen LogP contribution in [0.4, 0.5) is 0 Å². The number of nitrogens with one attached hydrogen (secondary N) is 1. The van der Waals surface area contributed by atoms with E-state index in [1.165, 1.54) is 7.11 Å². The second kappa shape index (κ2) is 7.68. The second-order valence-corrected chi connectivity index (χ2v) is 9.69. The fraction of sp³-hybridized carbons (Fsp3) is 0.474. The van der Waals surface area contributed by atoms with Crippen LogP contribution in [0.1, 0.15) is 48.5 Å². The monoisotopic (exact) mass is 395 g/mol. The van der Waals surface area contributed by atoms with Crippen LogP contribution >= 0.6 is 11.3 Å². The summed E-state index contributed by atoms with van der Waals surface area (Å²) in [5, 5.41) is 9.81. The number of hydrogen-bond donors (Lipinski definition) is 2. The Balaban J connectivity index is 1.85. The molecule has 2 N–H and O–H groups in total. The Morgan fingerprint density at radius 1 is 1.23 bits per heavy atom. The molecule has 3 rings (SSSR count). The van der Waals surface area contributed by atoms with Gasteiger partial charge in [-0.1, -0.05) is 25.0 Å². The summed E-state index contributed by atoms with van der Waals surface area (Å²) < 4.78 is 33.7. The lowest BCUT2D eigenvalue weighted by Crippen LogP contribution is -2.38. The van der Waals surface area contributed by atoms with Gasteiger partial charge in [-0.05, 0) is 44.0 Å². The predicted molar refractivity (Wildman–Crippen MR) is 103 cm³/mol. The van der Waals surface area contributed by atoms with E-state index in [9.17, 15) is 13.5 Å². The van der Waals surface area contributed by atoms with E-state index in [0.717, 1.165) is 35.4 Å². The van der Waals surface area contributed by atoms with E-state index in [0.29, 0.717) is 12.3 Å². The normalized spacial score (nSPS) is 18.0. The standard InChI is InChI=1S/C19H25NO4S2/c1-14(21)16-9-10-18(25-16)19(11-5-6-12-19)13-20-26(22,23)17-8-4-3-7-15(17)24-2/h3-4,7-10,14,20-21H,5-6,11-13H2,1-2H3/t14-/m0/s1. The Morgan fingerprint density at radius 3 is 2.54 bits per heavy atom. The number of ether oxygens (including phenoxy) is 1. The highest BCUT2D eigenvalue weighted by molar-refractivity contribution is 7.89. The van der Waals surface area contributed by atoms with Gasteiger partial charge in [-0.25, -0.2) is 13.1 Å². The van der Waals surface area contributed by atoms with Gasteiger partial charge in [0.25, 0.3) is 0 Å². The van der Waals surface area contributed by atoms with Crippen molar-refractivity contribution in [2.75, 3.05) is 13.7 Å². The lowest BCUT2D eigenvalue weighted by atomic mass is 9.85. The third-order valence-corrected chi connectivity index (χ3v) is 8.02. The number of hydrogen-bond acceptors (Lipinski definition) is 5. The summed E-state index contributed by atoms with van der Waals surface area (Å²) in [4.78, 5) is 2.22. The van der Waals surface area contributed by atoms with Gasteiger partial charge in [0, 0.05) is 21.7 Å². The van der Waals surface area contributed by atoms with Crippen LogP contribution in [-0.4, -0.2) is 27.2 Å². The van der Waals surface area contributed by atoms with E-state index >= 15 is 0 Å². The number of aliphatic hydroxyl groups is 1. The van der Waals surface area contributed by atoms with E-state index in [2.05, 4.69) is 4.72 Å².